The Kier molecular flexibility index (Phi) is 4.81. The molecule has 6 heteroatoms. The summed E-state index contributed by atoms with van der Waals surface area (Å²) in [6.07, 6.45) is 2.09. The molecule has 4 rings (SSSR count). The van der Waals surface area contributed by atoms with Gasteiger partial charge in [0.2, 0.25) is 0 Å². The fraction of sp³-hybridized carbons (Fsp3) is 0.238. The maximum atomic E-state index is 13.5. The first kappa shape index (κ1) is 17.5. The van der Waals surface area contributed by atoms with E-state index in [0.717, 1.165) is 48.0 Å². The van der Waals surface area contributed by atoms with Crippen LogP contribution in [0.15, 0.2) is 54.7 Å². The van der Waals surface area contributed by atoms with E-state index in [2.05, 4.69) is 21.2 Å². The molecule has 0 saturated carbocycles. The number of fused-ring (bicyclic) bond motifs is 1. The Morgan fingerprint density at radius 1 is 1.07 bits per heavy atom. The third-order valence-corrected chi connectivity index (χ3v) is 4.69. The van der Waals surface area contributed by atoms with Gasteiger partial charge in [-0.25, -0.2) is 8.78 Å². The van der Waals surface area contributed by atoms with Crippen molar-refractivity contribution in [2.45, 2.75) is 19.1 Å². The first-order chi connectivity index (χ1) is 13.1. The maximum absolute atomic E-state index is 13.5. The van der Waals surface area contributed by atoms with Crippen molar-refractivity contribution >= 4 is 0 Å². The second kappa shape index (κ2) is 7.40. The van der Waals surface area contributed by atoms with Crippen LogP contribution in [0.2, 0.25) is 0 Å². The van der Waals surface area contributed by atoms with Crippen LogP contribution in [0.1, 0.15) is 23.7 Å². The third-order valence-electron chi connectivity index (χ3n) is 4.69. The van der Waals surface area contributed by atoms with Gasteiger partial charge in [-0.3, -0.25) is 0 Å². The van der Waals surface area contributed by atoms with Crippen molar-refractivity contribution in [1.82, 2.24) is 15.1 Å². The normalized spacial score (nSPS) is 17.2. The van der Waals surface area contributed by atoms with Crippen molar-refractivity contribution in [2.75, 3.05) is 13.6 Å². The Morgan fingerprint density at radius 2 is 1.89 bits per heavy atom. The molecule has 1 atom stereocenters. The zero-order chi connectivity index (χ0) is 18.8. The van der Waals surface area contributed by atoms with E-state index in [4.69, 9.17) is 4.74 Å². The Balaban J connectivity index is 1.69. The molecule has 1 aliphatic heterocycles. The van der Waals surface area contributed by atoms with Crippen molar-refractivity contribution < 1.29 is 13.5 Å². The van der Waals surface area contributed by atoms with Crippen molar-refractivity contribution in [3.63, 3.8) is 0 Å². The molecule has 1 unspecified atom stereocenters. The molecule has 2 aromatic carbocycles. The zero-order valence-corrected chi connectivity index (χ0v) is 14.9. The molecule has 0 fully saturated rings. The van der Waals surface area contributed by atoms with Crippen molar-refractivity contribution in [1.29, 1.82) is 0 Å². The minimum atomic E-state index is -0.644. The van der Waals surface area contributed by atoms with Gasteiger partial charge >= 0.3 is 0 Å². The van der Waals surface area contributed by atoms with Crippen LogP contribution in [-0.4, -0.2) is 28.7 Å². The summed E-state index contributed by atoms with van der Waals surface area (Å²) < 4.78 is 33.0. The van der Waals surface area contributed by atoms with Crippen LogP contribution in [-0.2, 0) is 6.54 Å². The number of aromatic nitrogens is 2. The average Bonchev–Trinajstić information content (AvgIpc) is 2.80. The van der Waals surface area contributed by atoms with Crippen molar-refractivity contribution in [3.05, 3.63) is 77.5 Å². The Labute approximate surface area is 156 Å². The number of nitrogens with zero attached hydrogens (tertiary/aromatic N) is 3. The number of ether oxygens (including phenoxy) is 1. The summed E-state index contributed by atoms with van der Waals surface area (Å²) in [7, 11) is 2.04. The van der Waals surface area contributed by atoms with E-state index >= 15 is 0 Å². The number of benzene rings is 2. The molecule has 0 radical (unpaired) electrons. The second-order valence-electron chi connectivity index (χ2n) is 6.76. The predicted molar refractivity (Wildman–Crippen MR) is 98.1 cm³/mol. The Bertz CT molecular complexity index is 929. The lowest BCUT2D eigenvalue weighted by Crippen LogP contribution is -2.18. The molecule has 27 heavy (non-hydrogen) atoms. The molecule has 2 heterocycles. The topological polar surface area (TPSA) is 38.2 Å². The van der Waals surface area contributed by atoms with E-state index < -0.39 is 11.6 Å². The van der Waals surface area contributed by atoms with Gasteiger partial charge in [-0.15, -0.1) is 0 Å². The van der Waals surface area contributed by atoms with Gasteiger partial charge in [-0.2, -0.15) is 10.2 Å². The second-order valence-corrected chi connectivity index (χ2v) is 6.76. The molecule has 0 N–H and O–H groups in total. The minimum absolute atomic E-state index is 0.200. The van der Waals surface area contributed by atoms with Crippen molar-refractivity contribution in [2.24, 2.45) is 0 Å². The standard InChI is InChI=1S/C21H19F2N3O/c1-26-8-6-21(27-18-11-16(22)10-17(23)12-18)19-5-4-14(9-15(19)13-26)20-3-2-7-24-25-20/h2-5,7,9-12,21H,6,8,13H2,1H3. The van der Waals surface area contributed by atoms with Crippen LogP contribution in [0, 0.1) is 11.6 Å². The number of rotatable bonds is 3. The van der Waals surface area contributed by atoms with Crippen LogP contribution >= 0.6 is 0 Å². The number of halogens is 2. The summed E-state index contributed by atoms with van der Waals surface area (Å²) >= 11 is 0. The summed E-state index contributed by atoms with van der Waals surface area (Å²) in [6, 6.07) is 13.1. The first-order valence-electron chi connectivity index (χ1n) is 8.81. The summed E-state index contributed by atoms with van der Waals surface area (Å²) in [5.74, 6) is -1.09. The molecule has 0 bridgehead atoms. The highest BCUT2D eigenvalue weighted by atomic mass is 19.1. The van der Waals surface area contributed by atoms with E-state index in [0.29, 0.717) is 0 Å². The predicted octanol–water partition coefficient (Wildman–Crippen LogP) is 4.38. The highest BCUT2D eigenvalue weighted by Gasteiger charge is 2.23. The van der Waals surface area contributed by atoms with E-state index in [1.165, 1.54) is 12.1 Å². The largest absolute Gasteiger partial charge is 0.485 e. The molecule has 138 valence electrons. The molecule has 0 spiro atoms. The molecular formula is C21H19F2N3O. The fourth-order valence-corrected chi connectivity index (χ4v) is 3.42. The van der Waals surface area contributed by atoms with Gasteiger partial charge in [-0.05, 0) is 36.4 Å². The Morgan fingerprint density at radius 3 is 2.63 bits per heavy atom. The summed E-state index contributed by atoms with van der Waals surface area (Å²) in [4.78, 5) is 2.20. The quantitative estimate of drug-likeness (QED) is 0.689. The molecule has 0 amide bonds. The van der Waals surface area contributed by atoms with E-state index in [1.54, 1.807) is 6.20 Å². The van der Waals surface area contributed by atoms with Crippen LogP contribution in [0.25, 0.3) is 11.3 Å². The third kappa shape index (κ3) is 3.95. The van der Waals surface area contributed by atoms with Gasteiger partial charge in [0, 0.05) is 49.5 Å². The average molecular weight is 367 g/mol. The van der Waals surface area contributed by atoms with E-state index in [-0.39, 0.29) is 11.9 Å². The van der Waals surface area contributed by atoms with Crippen molar-refractivity contribution in [3.8, 4) is 17.0 Å². The van der Waals surface area contributed by atoms with Gasteiger partial charge in [0.25, 0.3) is 0 Å². The fourth-order valence-electron chi connectivity index (χ4n) is 3.42. The molecule has 0 saturated heterocycles. The monoisotopic (exact) mass is 367 g/mol. The maximum Gasteiger partial charge on any atom is 0.129 e. The smallest absolute Gasteiger partial charge is 0.129 e. The summed E-state index contributed by atoms with van der Waals surface area (Å²) in [5.41, 5.74) is 3.92. The number of hydrogen-bond acceptors (Lipinski definition) is 4. The van der Waals surface area contributed by atoms with Crippen LogP contribution < -0.4 is 4.74 Å². The molecule has 1 aromatic heterocycles. The lowest BCUT2D eigenvalue weighted by atomic mass is 9.97. The zero-order valence-electron chi connectivity index (χ0n) is 14.9. The van der Waals surface area contributed by atoms with Gasteiger partial charge in [0.1, 0.15) is 23.5 Å². The van der Waals surface area contributed by atoms with Crippen LogP contribution in [0.3, 0.4) is 0 Å². The van der Waals surface area contributed by atoms with Gasteiger partial charge in [0.15, 0.2) is 0 Å². The minimum Gasteiger partial charge on any atom is -0.485 e. The van der Waals surface area contributed by atoms with Crippen LogP contribution in [0.5, 0.6) is 5.75 Å². The van der Waals surface area contributed by atoms with Gasteiger partial charge in [0.05, 0.1) is 5.69 Å². The molecule has 4 nitrogen and oxygen atoms in total. The highest BCUT2D eigenvalue weighted by molar-refractivity contribution is 5.60. The lowest BCUT2D eigenvalue weighted by molar-refractivity contribution is 0.181. The highest BCUT2D eigenvalue weighted by Crippen LogP contribution is 2.33. The van der Waals surface area contributed by atoms with E-state index in [9.17, 15) is 8.78 Å². The Hall–Kier alpha value is -2.86. The summed E-state index contributed by atoms with van der Waals surface area (Å²) in [6.45, 7) is 1.58. The number of hydrogen-bond donors (Lipinski definition) is 0. The molecular weight excluding hydrogens is 348 g/mol. The lowest BCUT2D eigenvalue weighted by Gasteiger charge is -2.20. The SMILES string of the molecule is CN1CCC(Oc2cc(F)cc(F)c2)c2ccc(-c3cccnn3)cc2C1. The molecule has 3 aromatic rings. The molecule has 1 aliphatic rings. The summed E-state index contributed by atoms with van der Waals surface area (Å²) in [5, 5.41) is 8.11. The van der Waals surface area contributed by atoms with Gasteiger partial charge < -0.3 is 9.64 Å². The first-order valence-corrected chi connectivity index (χ1v) is 8.81. The van der Waals surface area contributed by atoms with Gasteiger partial charge in [-0.1, -0.05) is 12.1 Å². The van der Waals surface area contributed by atoms with Crippen LogP contribution in [0.4, 0.5) is 8.78 Å². The molecule has 0 aliphatic carbocycles. The van der Waals surface area contributed by atoms with E-state index in [1.807, 2.05) is 31.3 Å².